The van der Waals surface area contributed by atoms with Crippen LogP contribution < -0.4 is 15.4 Å². The summed E-state index contributed by atoms with van der Waals surface area (Å²) >= 11 is 1.17. The van der Waals surface area contributed by atoms with Crippen LogP contribution in [-0.4, -0.2) is 31.7 Å². The van der Waals surface area contributed by atoms with Crippen LogP contribution in [0, 0.1) is 6.92 Å². The Morgan fingerprint density at radius 2 is 2.15 bits per heavy atom. The van der Waals surface area contributed by atoms with Crippen LogP contribution >= 0.6 is 23.7 Å². The van der Waals surface area contributed by atoms with Gasteiger partial charge in [0, 0.05) is 10.9 Å². The molecule has 1 aromatic heterocycles. The van der Waals surface area contributed by atoms with E-state index in [0.29, 0.717) is 0 Å². The number of hydrogen-bond donors (Lipinski definition) is 2. The molecule has 8 heteroatoms. The van der Waals surface area contributed by atoms with Crippen LogP contribution in [0.25, 0.3) is 0 Å². The number of nitrogens with one attached hydrogen (secondary N) is 2. The van der Waals surface area contributed by atoms with E-state index in [4.69, 9.17) is 0 Å². The average molecular weight is 327 g/mol. The molecular weight excluding hydrogens is 310 g/mol. The minimum Gasteiger partial charge on any atom is -0.433 e. The maximum Gasteiger partial charge on any atom is 0.387 e. The van der Waals surface area contributed by atoms with E-state index >= 15 is 0 Å². The second-order valence-electron chi connectivity index (χ2n) is 4.43. The molecule has 0 spiro atoms. The summed E-state index contributed by atoms with van der Waals surface area (Å²) in [5.41, 5.74) is 0. The lowest BCUT2D eigenvalue weighted by Crippen LogP contribution is -2.42. The van der Waals surface area contributed by atoms with E-state index in [1.54, 1.807) is 6.92 Å². The Bertz CT molecular complexity index is 451. The number of carbonyl (C=O) groups excluding carboxylic acids is 1. The normalized spacial score (nSPS) is 15.8. The summed E-state index contributed by atoms with van der Waals surface area (Å²) in [7, 11) is 0. The molecule has 0 unspecified atom stereocenters. The smallest absolute Gasteiger partial charge is 0.387 e. The molecule has 2 rings (SSSR count). The van der Waals surface area contributed by atoms with E-state index < -0.39 is 6.61 Å². The Labute approximate surface area is 126 Å². The Morgan fingerprint density at radius 1 is 1.50 bits per heavy atom. The Morgan fingerprint density at radius 3 is 2.75 bits per heavy atom. The molecule has 20 heavy (non-hydrogen) atoms. The standard InChI is InChI=1S/C12H16F2N2O2S.ClH/c1-7-6-9(18-12(13)14)10(19-7)11(17)16-8-2-4-15-5-3-8;/h6,8,12,15H,2-5H2,1H3,(H,16,17);1H. The summed E-state index contributed by atoms with van der Waals surface area (Å²) in [6, 6.07) is 1.56. The van der Waals surface area contributed by atoms with Gasteiger partial charge in [-0.3, -0.25) is 4.79 Å². The van der Waals surface area contributed by atoms with E-state index in [1.165, 1.54) is 17.4 Å². The zero-order valence-corrected chi connectivity index (χ0v) is 12.6. The van der Waals surface area contributed by atoms with Crippen LogP contribution in [0.5, 0.6) is 5.75 Å². The number of amides is 1. The number of thiophene rings is 1. The molecule has 1 saturated heterocycles. The number of aryl methyl sites for hydroxylation is 1. The quantitative estimate of drug-likeness (QED) is 0.894. The summed E-state index contributed by atoms with van der Waals surface area (Å²) in [6.45, 7) is 0.549. The van der Waals surface area contributed by atoms with Crippen LogP contribution in [0.4, 0.5) is 8.78 Å². The van der Waals surface area contributed by atoms with Gasteiger partial charge in [0.15, 0.2) is 0 Å². The monoisotopic (exact) mass is 326 g/mol. The fraction of sp³-hybridized carbons (Fsp3) is 0.583. The van der Waals surface area contributed by atoms with Crippen LogP contribution in [0.1, 0.15) is 27.4 Å². The maximum absolute atomic E-state index is 12.3. The van der Waals surface area contributed by atoms with Crippen LogP contribution in [0.3, 0.4) is 0 Å². The molecule has 0 bridgehead atoms. The SMILES string of the molecule is Cc1cc(OC(F)F)c(C(=O)NC2CCNCC2)s1.Cl. The van der Waals surface area contributed by atoms with Crippen molar-refractivity contribution >= 4 is 29.7 Å². The molecule has 1 aliphatic rings. The molecule has 0 saturated carbocycles. The van der Waals surface area contributed by atoms with Crippen molar-refractivity contribution in [3.8, 4) is 5.75 Å². The van der Waals surface area contributed by atoms with Gasteiger partial charge in [-0.2, -0.15) is 8.78 Å². The van der Waals surface area contributed by atoms with E-state index in [0.717, 1.165) is 30.8 Å². The van der Waals surface area contributed by atoms with E-state index in [9.17, 15) is 13.6 Å². The van der Waals surface area contributed by atoms with Gasteiger partial charge in [-0.05, 0) is 38.9 Å². The zero-order chi connectivity index (χ0) is 13.8. The first-order chi connectivity index (χ1) is 9.06. The van der Waals surface area contributed by atoms with Gasteiger partial charge in [0.05, 0.1) is 0 Å². The third-order valence-electron chi connectivity index (χ3n) is 2.92. The highest BCUT2D eigenvalue weighted by Crippen LogP contribution is 2.30. The first-order valence-corrected chi connectivity index (χ1v) is 6.94. The van der Waals surface area contributed by atoms with Gasteiger partial charge in [-0.15, -0.1) is 23.7 Å². The largest absolute Gasteiger partial charge is 0.433 e. The van der Waals surface area contributed by atoms with Crippen molar-refractivity contribution in [3.05, 3.63) is 15.8 Å². The molecule has 2 N–H and O–H groups in total. The molecule has 1 aromatic rings. The summed E-state index contributed by atoms with van der Waals surface area (Å²) in [6.07, 6.45) is 1.70. The summed E-state index contributed by atoms with van der Waals surface area (Å²) in [5.74, 6) is -0.371. The Balaban J connectivity index is 0.00000200. The average Bonchev–Trinajstić information content (AvgIpc) is 2.70. The molecule has 4 nitrogen and oxygen atoms in total. The second-order valence-corrected chi connectivity index (χ2v) is 5.68. The molecular formula is C12H17ClF2N2O2S. The number of carbonyl (C=O) groups is 1. The van der Waals surface area contributed by atoms with Gasteiger partial charge in [-0.1, -0.05) is 0 Å². The van der Waals surface area contributed by atoms with Crippen molar-refractivity contribution in [2.45, 2.75) is 32.4 Å². The summed E-state index contributed by atoms with van der Waals surface area (Å²) < 4.78 is 28.9. The molecule has 114 valence electrons. The van der Waals surface area contributed by atoms with Crippen molar-refractivity contribution in [2.24, 2.45) is 0 Å². The van der Waals surface area contributed by atoms with E-state index in [-0.39, 0.29) is 35.0 Å². The summed E-state index contributed by atoms with van der Waals surface area (Å²) in [5, 5.41) is 6.07. The van der Waals surface area contributed by atoms with Crippen molar-refractivity contribution in [1.82, 2.24) is 10.6 Å². The lowest BCUT2D eigenvalue weighted by Gasteiger charge is -2.23. The second kappa shape index (κ2) is 7.75. The number of rotatable bonds is 4. The highest BCUT2D eigenvalue weighted by molar-refractivity contribution is 7.14. The fourth-order valence-electron chi connectivity index (χ4n) is 2.05. The molecule has 0 atom stereocenters. The first-order valence-electron chi connectivity index (χ1n) is 6.13. The van der Waals surface area contributed by atoms with Gasteiger partial charge < -0.3 is 15.4 Å². The first kappa shape index (κ1) is 17.1. The molecule has 0 aliphatic carbocycles. The van der Waals surface area contributed by atoms with Crippen molar-refractivity contribution in [3.63, 3.8) is 0 Å². The topological polar surface area (TPSA) is 50.4 Å². The minimum atomic E-state index is -2.92. The van der Waals surface area contributed by atoms with Crippen molar-refractivity contribution in [1.29, 1.82) is 0 Å². The predicted molar refractivity (Wildman–Crippen MR) is 76.3 cm³/mol. The highest BCUT2D eigenvalue weighted by Gasteiger charge is 2.22. The molecule has 1 amide bonds. The fourth-order valence-corrected chi connectivity index (χ4v) is 2.90. The van der Waals surface area contributed by atoms with Gasteiger partial charge in [0.1, 0.15) is 10.6 Å². The van der Waals surface area contributed by atoms with Gasteiger partial charge in [-0.25, -0.2) is 0 Å². The Hall–Kier alpha value is -0.920. The third-order valence-corrected chi connectivity index (χ3v) is 3.95. The maximum atomic E-state index is 12.3. The minimum absolute atomic E-state index is 0. The number of ether oxygens (including phenoxy) is 1. The van der Waals surface area contributed by atoms with Gasteiger partial charge in [0.25, 0.3) is 5.91 Å². The van der Waals surface area contributed by atoms with Crippen LogP contribution in [-0.2, 0) is 0 Å². The highest BCUT2D eigenvalue weighted by atomic mass is 35.5. The lowest BCUT2D eigenvalue weighted by atomic mass is 10.1. The van der Waals surface area contributed by atoms with E-state index in [1.807, 2.05) is 0 Å². The zero-order valence-electron chi connectivity index (χ0n) is 10.9. The van der Waals surface area contributed by atoms with E-state index in [2.05, 4.69) is 15.4 Å². The number of hydrogen-bond acceptors (Lipinski definition) is 4. The summed E-state index contributed by atoms with van der Waals surface area (Å²) in [4.78, 5) is 13.1. The third kappa shape index (κ3) is 4.57. The molecule has 0 radical (unpaired) electrons. The molecule has 1 aliphatic heterocycles. The molecule has 0 aromatic carbocycles. The van der Waals surface area contributed by atoms with Crippen molar-refractivity contribution in [2.75, 3.05) is 13.1 Å². The van der Waals surface area contributed by atoms with Crippen molar-refractivity contribution < 1.29 is 18.3 Å². The number of alkyl halides is 2. The lowest BCUT2D eigenvalue weighted by molar-refractivity contribution is -0.0498. The number of piperidine rings is 1. The van der Waals surface area contributed by atoms with Gasteiger partial charge >= 0.3 is 6.61 Å². The predicted octanol–water partition coefficient (Wildman–Crippen LogP) is 2.56. The molecule has 1 fully saturated rings. The number of halogens is 3. The molecule has 2 heterocycles. The van der Waals surface area contributed by atoms with Gasteiger partial charge in [0.2, 0.25) is 0 Å². The van der Waals surface area contributed by atoms with Crippen LogP contribution in [0.2, 0.25) is 0 Å². The Kier molecular flexibility index (Phi) is 6.64. The van der Waals surface area contributed by atoms with Crippen LogP contribution in [0.15, 0.2) is 6.07 Å².